The number of amides is 1. The first kappa shape index (κ1) is 70.3. The maximum atomic E-state index is 13.2. The third-order valence-electron chi connectivity index (χ3n) is 15.1. The number of hydrogen-bond donors (Lipinski definition) is 8. The molecule has 8 N–H and O–H groups in total. The third-order valence-corrected chi connectivity index (χ3v) is 15.1. The SMILES string of the molecule is CCCCCCCCCCC/C=C\CCCCCCC(O)C(=O)NC(COC1OC(CO)C(O)C(O)C1O)C(O)C(O)CCC/C=C/CC/C=C/CCCCCCCCCCCCCCCCCCCCCCC. The van der Waals surface area contributed by atoms with Crippen LogP contribution in [0.1, 0.15) is 290 Å². The molecular formula is C63H119NO10. The number of carbonyl (C=O) groups is 1. The monoisotopic (exact) mass is 1050 g/mol. The first-order chi connectivity index (χ1) is 36.2. The lowest BCUT2D eigenvalue weighted by atomic mass is 9.98. The van der Waals surface area contributed by atoms with Gasteiger partial charge in [-0.2, -0.15) is 0 Å². The average molecular weight is 1050 g/mol. The molecule has 1 heterocycles. The van der Waals surface area contributed by atoms with Crippen molar-refractivity contribution in [3.8, 4) is 0 Å². The van der Waals surface area contributed by atoms with Gasteiger partial charge in [0.2, 0.25) is 5.91 Å². The Morgan fingerprint density at radius 3 is 1.20 bits per heavy atom. The van der Waals surface area contributed by atoms with E-state index in [2.05, 4.69) is 55.6 Å². The van der Waals surface area contributed by atoms with E-state index < -0.39 is 74.2 Å². The summed E-state index contributed by atoms with van der Waals surface area (Å²) in [5.41, 5.74) is 0. The summed E-state index contributed by atoms with van der Waals surface area (Å²) in [6.45, 7) is 3.46. The van der Waals surface area contributed by atoms with Crippen LogP contribution >= 0.6 is 0 Å². The summed E-state index contributed by atoms with van der Waals surface area (Å²) in [6.07, 6.45) is 53.7. The van der Waals surface area contributed by atoms with Crippen LogP contribution in [-0.2, 0) is 14.3 Å². The smallest absolute Gasteiger partial charge is 0.249 e. The van der Waals surface area contributed by atoms with Gasteiger partial charge in [-0.15, -0.1) is 0 Å². The van der Waals surface area contributed by atoms with Crippen molar-refractivity contribution >= 4 is 5.91 Å². The molecule has 9 unspecified atom stereocenters. The Morgan fingerprint density at radius 2 is 0.811 bits per heavy atom. The van der Waals surface area contributed by atoms with Gasteiger partial charge >= 0.3 is 0 Å². The van der Waals surface area contributed by atoms with Gasteiger partial charge in [-0.25, -0.2) is 0 Å². The minimum atomic E-state index is -1.67. The van der Waals surface area contributed by atoms with Crippen molar-refractivity contribution in [3.63, 3.8) is 0 Å². The van der Waals surface area contributed by atoms with Crippen molar-refractivity contribution in [1.29, 1.82) is 0 Å². The number of rotatable bonds is 54. The second-order valence-corrected chi connectivity index (χ2v) is 22.1. The highest BCUT2D eigenvalue weighted by atomic mass is 16.7. The zero-order valence-electron chi connectivity index (χ0n) is 47.8. The van der Waals surface area contributed by atoms with Crippen molar-refractivity contribution in [2.24, 2.45) is 0 Å². The molecule has 0 aromatic carbocycles. The van der Waals surface area contributed by atoms with E-state index in [4.69, 9.17) is 9.47 Å². The highest BCUT2D eigenvalue weighted by molar-refractivity contribution is 5.80. The van der Waals surface area contributed by atoms with E-state index in [1.807, 2.05) is 0 Å². The van der Waals surface area contributed by atoms with Gasteiger partial charge in [0.25, 0.3) is 0 Å². The third kappa shape index (κ3) is 39.7. The summed E-state index contributed by atoms with van der Waals surface area (Å²) < 4.78 is 11.1. The molecule has 0 spiro atoms. The fourth-order valence-electron chi connectivity index (χ4n) is 10.0. The molecule has 0 aromatic heterocycles. The van der Waals surface area contributed by atoms with Gasteiger partial charge in [0.15, 0.2) is 6.29 Å². The molecule has 1 saturated heterocycles. The van der Waals surface area contributed by atoms with E-state index in [-0.39, 0.29) is 12.8 Å². The summed E-state index contributed by atoms with van der Waals surface area (Å²) in [5.74, 6) is -0.717. The fourth-order valence-corrected chi connectivity index (χ4v) is 10.0. The number of aliphatic hydroxyl groups is 7. The van der Waals surface area contributed by atoms with Gasteiger partial charge in [0, 0.05) is 0 Å². The van der Waals surface area contributed by atoms with E-state index >= 15 is 0 Å². The molecule has 0 saturated carbocycles. The molecule has 1 rings (SSSR count). The Kier molecular flexibility index (Phi) is 49.5. The Bertz CT molecular complexity index is 1300. The summed E-state index contributed by atoms with van der Waals surface area (Å²) in [7, 11) is 0. The van der Waals surface area contributed by atoms with Crippen molar-refractivity contribution in [3.05, 3.63) is 36.5 Å². The summed E-state index contributed by atoms with van der Waals surface area (Å²) in [6, 6.07) is -1.20. The van der Waals surface area contributed by atoms with Gasteiger partial charge in [-0.3, -0.25) is 4.79 Å². The van der Waals surface area contributed by atoms with Gasteiger partial charge in [0.1, 0.15) is 36.6 Å². The molecule has 1 aliphatic rings. The molecule has 1 amide bonds. The summed E-state index contributed by atoms with van der Waals surface area (Å²) >= 11 is 0. The molecule has 1 aliphatic heterocycles. The molecule has 11 nitrogen and oxygen atoms in total. The number of nitrogens with one attached hydrogen (secondary N) is 1. The molecule has 0 aliphatic carbocycles. The van der Waals surface area contributed by atoms with Crippen LogP contribution in [-0.4, -0.2) is 110 Å². The van der Waals surface area contributed by atoms with Crippen LogP contribution in [0.25, 0.3) is 0 Å². The maximum absolute atomic E-state index is 13.2. The number of allylic oxidation sites excluding steroid dienone is 6. The Morgan fingerprint density at radius 1 is 0.459 bits per heavy atom. The molecule has 0 aromatic rings. The number of carbonyl (C=O) groups excluding carboxylic acids is 1. The van der Waals surface area contributed by atoms with Crippen LogP contribution in [0.3, 0.4) is 0 Å². The fraction of sp³-hybridized carbons (Fsp3) is 0.889. The van der Waals surface area contributed by atoms with Gasteiger partial charge in [0.05, 0.1) is 25.4 Å². The second kappa shape index (κ2) is 52.1. The molecule has 11 heteroatoms. The van der Waals surface area contributed by atoms with Gasteiger partial charge in [-0.05, 0) is 77.0 Å². The lowest BCUT2D eigenvalue weighted by Crippen LogP contribution is -2.60. The Hall–Kier alpha value is -1.67. The molecule has 0 bridgehead atoms. The van der Waals surface area contributed by atoms with Crippen molar-refractivity contribution in [2.75, 3.05) is 13.2 Å². The first-order valence-corrected chi connectivity index (χ1v) is 31.4. The lowest BCUT2D eigenvalue weighted by Gasteiger charge is -2.40. The molecule has 436 valence electrons. The number of hydrogen-bond acceptors (Lipinski definition) is 10. The number of aliphatic hydroxyl groups excluding tert-OH is 7. The van der Waals surface area contributed by atoms with E-state index in [1.54, 1.807) is 0 Å². The zero-order chi connectivity index (χ0) is 54.0. The quantitative estimate of drug-likeness (QED) is 0.0215. The molecule has 9 atom stereocenters. The second-order valence-electron chi connectivity index (χ2n) is 22.1. The normalized spacial score (nSPS) is 20.0. The minimum Gasteiger partial charge on any atom is -0.394 e. The predicted octanol–water partition coefficient (Wildman–Crippen LogP) is 13.9. The average Bonchev–Trinajstić information content (AvgIpc) is 3.40. The van der Waals surface area contributed by atoms with Crippen molar-refractivity contribution < 1.29 is 50.0 Å². The van der Waals surface area contributed by atoms with E-state index in [1.165, 1.54) is 193 Å². The molecular weight excluding hydrogens is 931 g/mol. The number of ether oxygens (including phenoxy) is 2. The van der Waals surface area contributed by atoms with E-state index in [0.29, 0.717) is 19.3 Å². The predicted molar refractivity (Wildman–Crippen MR) is 307 cm³/mol. The summed E-state index contributed by atoms with van der Waals surface area (Å²) in [4.78, 5) is 13.2. The van der Waals surface area contributed by atoms with Crippen LogP contribution < -0.4 is 5.32 Å². The van der Waals surface area contributed by atoms with Crippen LogP contribution in [0.2, 0.25) is 0 Å². The van der Waals surface area contributed by atoms with Crippen molar-refractivity contribution in [1.82, 2.24) is 5.32 Å². The molecule has 74 heavy (non-hydrogen) atoms. The Labute approximate surface area is 454 Å². The standard InChI is InChI=1S/C63H119NO10/c1-3-5-7-9-11-13-15-17-19-21-22-23-24-25-26-27-28-29-30-31-32-33-35-36-38-40-42-44-46-48-50-55(66)58(68)54(53-73-63-61(71)60(70)59(69)57(52-65)74-63)64-62(72)56(67)51-49-47-45-43-41-39-37-34-20-18-16-14-12-10-8-6-4-2/h35-37,39,42,44,54-61,63,65-71H,3-34,38,40-41,43,45-53H2,1-2H3,(H,64,72)/b36-35+,39-37-,44-42+. The van der Waals surface area contributed by atoms with Crippen molar-refractivity contribution in [2.45, 2.75) is 345 Å². The first-order valence-electron chi connectivity index (χ1n) is 31.4. The molecule has 1 fully saturated rings. The van der Waals surface area contributed by atoms with Crippen LogP contribution in [0.15, 0.2) is 36.5 Å². The van der Waals surface area contributed by atoms with E-state index in [9.17, 15) is 40.5 Å². The van der Waals surface area contributed by atoms with Gasteiger partial charge < -0.3 is 50.5 Å². The van der Waals surface area contributed by atoms with E-state index in [0.717, 1.165) is 51.4 Å². The molecule has 0 radical (unpaired) electrons. The largest absolute Gasteiger partial charge is 0.394 e. The maximum Gasteiger partial charge on any atom is 0.249 e. The van der Waals surface area contributed by atoms with Crippen LogP contribution in [0.4, 0.5) is 0 Å². The minimum absolute atomic E-state index is 0.237. The Balaban J connectivity index is 2.28. The zero-order valence-corrected chi connectivity index (χ0v) is 47.8. The highest BCUT2D eigenvalue weighted by Gasteiger charge is 2.44. The summed E-state index contributed by atoms with van der Waals surface area (Å²) in [5, 5.41) is 76.2. The highest BCUT2D eigenvalue weighted by Crippen LogP contribution is 2.23. The van der Waals surface area contributed by atoms with Gasteiger partial charge in [-0.1, -0.05) is 249 Å². The van der Waals surface area contributed by atoms with Crippen LogP contribution in [0, 0.1) is 0 Å². The topological polar surface area (TPSA) is 189 Å². The van der Waals surface area contributed by atoms with Crippen LogP contribution in [0.5, 0.6) is 0 Å². The lowest BCUT2D eigenvalue weighted by molar-refractivity contribution is -0.303. The number of unbranched alkanes of at least 4 members (excludes halogenated alkanes) is 36.